The SMILES string of the molecule is C=C(C)c1ccc(Br)cc1[N+](=O)[O-].O=C=O. The summed E-state index contributed by atoms with van der Waals surface area (Å²) in [7, 11) is 0. The van der Waals surface area contributed by atoms with Crippen molar-refractivity contribution >= 4 is 33.3 Å². The number of carbonyl (C=O) groups excluding carboxylic acids is 2. The minimum Gasteiger partial charge on any atom is -0.258 e. The molecule has 0 saturated carbocycles. The number of nitro benzene ring substituents is 1. The molecule has 0 bridgehead atoms. The maximum Gasteiger partial charge on any atom is 0.373 e. The molecule has 0 amide bonds. The zero-order chi connectivity index (χ0) is 12.7. The monoisotopic (exact) mass is 285 g/mol. The Morgan fingerprint density at radius 2 is 2.00 bits per heavy atom. The van der Waals surface area contributed by atoms with Gasteiger partial charge in [0.1, 0.15) is 0 Å². The summed E-state index contributed by atoms with van der Waals surface area (Å²) in [5.74, 6) is 0. The van der Waals surface area contributed by atoms with E-state index < -0.39 is 4.92 Å². The summed E-state index contributed by atoms with van der Waals surface area (Å²) in [6.45, 7) is 5.42. The summed E-state index contributed by atoms with van der Waals surface area (Å²) < 4.78 is 0.698. The third-order valence-electron chi connectivity index (χ3n) is 1.62. The molecule has 16 heavy (non-hydrogen) atoms. The topological polar surface area (TPSA) is 77.3 Å². The first-order valence-electron chi connectivity index (χ1n) is 4.03. The number of allylic oxidation sites excluding steroid dienone is 1. The van der Waals surface area contributed by atoms with E-state index in [1.165, 1.54) is 6.07 Å². The number of rotatable bonds is 2. The Balaban J connectivity index is 0.000000673. The van der Waals surface area contributed by atoms with Gasteiger partial charge >= 0.3 is 6.15 Å². The van der Waals surface area contributed by atoms with Crippen LogP contribution in [0.2, 0.25) is 0 Å². The van der Waals surface area contributed by atoms with Gasteiger partial charge in [-0.1, -0.05) is 22.5 Å². The molecule has 0 aliphatic carbocycles. The Labute approximate surface area is 100 Å². The van der Waals surface area contributed by atoms with Gasteiger partial charge in [0.15, 0.2) is 0 Å². The van der Waals surface area contributed by atoms with Crippen molar-refractivity contribution in [2.75, 3.05) is 0 Å². The van der Waals surface area contributed by atoms with Gasteiger partial charge in [-0.05, 0) is 24.6 Å². The van der Waals surface area contributed by atoms with E-state index in [-0.39, 0.29) is 11.8 Å². The van der Waals surface area contributed by atoms with Crippen LogP contribution in [-0.2, 0) is 9.59 Å². The summed E-state index contributed by atoms with van der Waals surface area (Å²) in [4.78, 5) is 26.5. The molecule has 0 aliphatic heterocycles. The normalized spacial score (nSPS) is 8.38. The maximum absolute atomic E-state index is 10.6. The van der Waals surface area contributed by atoms with Crippen molar-refractivity contribution < 1.29 is 14.5 Å². The highest BCUT2D eigenvalue weighted by Gasteiger charge is 2.13. The van der Waals surface area contributed by atoms with Crippen LogP contribution in [0, 0.1) is 10.1 Å². The first kappa shape index (κ1) is 14.2. The quantitative estimate of drug-likeness (QED) is 0.618. The predicted molar refractivity (Wildman–Crippen MR) is 60.5 cm³/mol. The minimum atomic E-state index is -0.408. The second kappa shape index (κ2) is 6.66. The average Bonchev–Trinajstić information content (AvgIpc) is 2.18. The summed E-state index contributed by atoms with van der Waals surface area (Å²) in [5, 5.41) is 10.6. The lowest BCUT2D eigenvalue weighted by Gasteiger charge is -2.01. The maximum atomic E-state index is 10.6. The van der Waals surface area contributed by atoms with Crippen LogP contribution in [0.25, 0.3) is 5.57 Å². The predicted octanol–water partition coefficient (Wildman–Crippen LogP) is 2.81. The third kappa shape index (κ3) is 4.16. The van der Waals surface area contributed by atoms with Gasteiger partial charge in [0.05, 0.1) is 10.5 Å². The smallest absolute Gasteiger partial charge is 0.258 e. The zero-order valence-corrected chi connectivity index (χ0v) is 9.98. The minimum absolute atomic E-state index is 0.0851. The summed E-state index contributed by atoms with van der Waals surface area (Å²) in [5.41, 5.74) is 1.36. The number of nitrogens with zero attached hydrogens (tertiary/aromatic N) is 1. The van der Waals surface area contributed by atoms with Crippen molar-refractivity contribution in [2.24, 2.45) is 0 Å². The van der Waals surface area contributed by atoms with Crippen LogP contribution in [0.5, 0.6) is 0 Å². The molecule has 0 atom stereocenters. The van der Waals surface area contributed by atoms with Crippen molar-refractivity contribution in [3.05, 3.63) is 44.9 Å². The Morgan fingerprint density at radius 3 is 2.38 bits per heavy atom. The van der Waals surface area contributed by atoms with Crippen LogP contribution in [0.3, 0.4) is 0 Å². The molecule has 0 radical (unpaired) electrons. The molecule has 1 rings (SSSR count). The molecule has 6 heteroatoms. The summed E-state index contributed by atoms with van der Waals surface area (Å²) in [6, 6.07) is 4.92. The molecule has 0 aliphatic rings. The number of hydrogen-bond donors (Lipinski definition) is 0. The van der Waals surface area contributed by atoms with E-state index in [2.05, 4.69) is 22.5 Å². The van der Waals surface area contributed by atoms with Crippen molar-refractivity contribution in [2.45, 2.75) is 6.92 Å². The third-order valence-corrected chi connectivity index (χ3v) is 2.11. The molecule has 84 valence electrons. The Morgan fingerprint density at radius 1 is 1.50 bits per heavy atom. The second-order valence-electron chi connectivity index (χ2n) is 2.78. The Hall–Kier alpha value is -1.78. The molecule has 0 unspecified atom stereocenters. The van der Waals surface area contributed by atoms with Crippen LogP contribution in [0.1, 0.15) is 12.5 Å². The Kier molecular flexibility index (Phi) is 5.92. The van der Waals surface area contributed by atoms with E-state index in [1.807, 2.05) is 0 Å². The van der Waals surface area contributed by atoms with Gasteiger partial charge in [-0.2, -0.15) is 9.59 Å². The number of nitro groups is 1. The molecule has 1 aromatic carbocycles. The van der Waals surface area contributed by atoms with Crippen molar-refractivity contribution in [3.63, 3.8) is 0 Å². The number of benzene rings is 1. The van der Waals surface area contributed by atoms with Crippen molar-refractivity contribution in [1.82, 2.24) is 0 Å². The molecule has 5 nitrogen and oxygen atoms in total. The zero-order valence-electron chi connectivity index (χ0n) is 8.40. The van der Waals surface area contributed by atoms with Gasteiger partial charge in [0.2, 0.25) is 0 Å². The van der Waals surface area contributed by atoms with Gasteiger partial charge in [-0.15, -0.1) is 0 Å². The molecule has 0 fully saturated rings. The fourth-order valence-corrected chi connectivity index (χ4v) is 1.37. The van der Waals surface area contributed by atoms with Gasteiger partial charge < -0.3 is 0 Å². The van der Waals surface area contributed by atoms with Gasteiger partial charge in [0.25, 0.3) is 5.69 Å². The Bertz CT molecular complexity index is 450. The van der Waals surface area contributed by atoms with E-state index >= 15 is 0 Å². The van der Waals surface area contributed by atoms with Crippen molar-refractivity contribution in [3.8, 4) is 0 Å². The molecular formula is C10H8BrNO4. The highest BCUT2D eigenvalue weighted by molar-refractivity contribution is 9.10. The van der Waals surface area contributed by atoms with Crippen LogP contribution >= 0.6 is 15.9 Å². The number of hydrogen-bond acceptors (Lipinski definition) is 4. The average molecular weight is 286 g/mol. The fraction of sp³-hybridized carbons (Fsp3) is 0.100. The highest BCUT2D eigenvalue weighted by atomic mass is 79.9. The van der Waals surface area contributed by atoms with Gasteiger partial charge in [-0.25, -0.2) is 0 Å². The molecule has 0 heterocycles. The van der Waals surface area contributed by atoms with E-state index in [1.54, 1.807) is 19.1 Å². The molecule has 0 N–H and O–H groups in total. The van der Waals surface area contributed by atoms with Crippen LogP contribution in [0.15, 0.2) is 29.3 Å². The molecule has 1 aromatic rings. The molecule has 0 aromatic heterocycles. The lowest BCUT2D eigenvalue weighted by atomic mass is 10.1. The van der Waals surface area contributed by atoms with Crippen molar-refractivity contribution in [1.29, 1.82) is 0 Å². The number of halogens is 1. The molecular weight excluding hydrogens is 278 g/mol. The second-order valence-corrected chi connectivity index (χ2v) is 3.70. The largest absolute Gasteiger partial charge is 0.373 e. The van der Waals surface area contributed by atoms with Gasteiger partial charge in [0, 0.05) is 10.5 Å². The highest BCUT2D eigenvalue weighted by Crippen LogP contribution is 2.27. The molecule has 0 saturated heterocycles. The van der Waals surface area contributed by atoms with E-state index in [9.17, 15) is 10.1 Å². The van der Waals surface area contributed by atoms with E-state index in [0.717, 1.165) is 0 Å². The van der Waals surface area contributed by atoms with Crippen LogP contribution in [-0.4, -0.2) is 11.1 Å². The fourth-order valence-electron chi connectivity index (χ4n) is 1.02. The first-order valence-corrected chi connectivity index (χ1v) is 4.82. The van der Waals surface area contributed by atoms with Crippen LogP contribution < -0.4 is 0 Å². The lowest BCUT2D eigenvalue weighted by molar-refractivity contribution is -0.385. The standard InChI is InChI=1S/C9H8BrNO2.CO2/c1-6(2)8-4-3-7(10)5-9(8)11(12)13;2-1-3/h3-5H,1H2,2H3;. The van der Waals surface area contributed by atoms with Gasteiger partial charge in [-0.3, -0.25) is 10.1 Å². The molecule has 0 spiro atoms. The first-order chi connectivity index (χ1) is 7.43. The van der Waals surface area contributed by atoms with Crippen LogP contribution in [0.4, 0.5) is 5.69 Å². The van der Waals surface area contributed by atoms with E-state index in [0.29, 0.717) is 15.6 Å². The summed E-state index contributed by atoms with van der Waals surface area (Å²) in [6.07, 6.45) is 0.250. The van der Waals surface area contributed by atoms with E-state index in [4.69, 9.17) is 9.59 Å². The lowest BCUT2D eigenvalue weighted by Crippen LogP contribution is -1.92. The summed E-state index contributed by atoms with van der Waals surface area (Å²) >= 11 is 3.18.